The lowest BCUT2D eigenvalue weighted by Gasteiger charge is -2.02. The zero-order chi connectivity index (χ0) is 16.2. The molecule has 2 rings (SSSR count). The van der Waals surface area contributed by atoms with Crippen LogP contribution >= 0.6 is 0 Å². The lowest BCUT2D eigenvalue weighted by atomic mass is 10.1. The number of unbranched alkanes of at least 4 members (excludes halogenated alkanes) is 2. The number of hydrogen-bond donors (Lipinski definition) is 2. The van der Waals surface area contributed by atoms with Gasteiger partial charge in [-0.05, 0) is 42.5 Å². The lowest BCUT2D eigenvalue weighted by Crippen LogP contribution is -1.85. The first kappa shape index (κ1) is 17.8. The number of hydrogen-bond acceptors (Lipinski definition) is 2. The third kappa shape index (κ3) is 6.49. The number of rotatable bonds is 6. The third-order valence-electron chi connectivity index (χ3n) is 3.40. The minimum Gasteiger partial charge on any atom is -0.508 e. The Hall–Kier alpha value is -2.22. The van der Waals surface area contributed by atoms with E-state index in [4.69, 9.17) is 0 Å². The number of allylic oxidation sites excluding steroid dienone is 1. The van der Waals surface area contributed by atoms with Crippen molar-refractivity contribution in [1.82, 2.24) is 0 Å². The van der Waals surface area contributed by atoms with Gasteiger partial charge in [0.2, 0.25) is 0 Å². The fourth-order valence-electron chi connectivity index (χ4n) is 2.13. The summed E-state index contributed by atoms with van der Waals surface area (Å²) >= 11 is 0. The van der Waals surface area contributed by atoms with Crippen molar-refractivity contribution < 1.29 is 10.2 Å². The molecule has 0 aliphatic heterocycles. The van der Waals surface area contributed by atoms with E-state index < -0.39 is 0 Å². The smallest absolute Gasteiger partial charge is 0.119 e. The monoisotopic (exact) mass is 298 g/mol. The zero-order valence-corrected chi connectivity index (χ0v) is 13.3. The summed E-state index contributed by atoms with van der Waals surface area (Å²) in [5.41, 5.74) is 2.00. The largest absolute Gasteiger partial charge is 0.508 e. The Morgan fingerprint density at radius 3 is 1.91 bits per heavy atom. The molecule has 0 spiro atoms. The molecular formula is C20H26O2. The summed E-state index contributed by atoms with van der Waals surface area (Å²) in [5.74, 6) is 0.788. The predicted octanol–water partition coefficient (Wildman–Crippen LogP) is 5.25. The lowest BCUT2D eigenvalue weighted by molar-refractivity contribution is 0.466. The molecule has 0 radical (unpaired) electrons. The number of phenols is 2. The highest BCUT2D eigenvalue weighted by molar-refractivity contribution is 5.33. The van der Waals surface area contributed by atoms with Crippen molar-refractivity contribution in [3.05, 3.63) is 72.3 Å². The van der Waals surface area contributed by atoms with Crippen molar-refractivity contribution >= 4 is 0 Å². The van der Waals surface area contributed by atoms with Gasteiger partial charge in [0.05, 0.1) is 0 Å². The molecule has 0 amide bonds. The van der Waals surface area contributed by atoms with Crippen LogP contribution in [-0.2, 0) is 12.8 Å². The van der Waals surface area contributed by atoms with Crippen LogP contribution < -0.4 is 0 Å². The quantitative estimate of drug-likeness (QED) is 0.565. The maximum Gasteiger partial charge on any atom is 0.119 e. The molecule has 2 aromatic carbocycles. The van der Waals surface area contributed by atoms with Gasteiger partial charge < -0.3 is 10.2 Å². The van der Waals surface area contributed by atoms with E-state index in [1.54, 1.807) is 18.2 Å². The summed E-state index contributed by atoms with van der Waals surface area (Å²) in [6, 6.07) is 14.8. The van der Waals surface area contributed by atoms with Gasteiger partial charge in [0.15, 0.2) is 0 Å². The van der Waals surface area contributed by atoms with E-state index in [2.05, 4.69) is 13.5 Å². The molecule has 0 saturated heterocycles. The molecule has 0 fully saturated rings. The van der Waals surface area contributed by atoms with Crippen LogP contribution in [0.15, 0.2) is 61.2 Å². The second-order valence-electron chi connectivity index (χ2n) is 5.21. The minimum absolute atomic E-state index is 0.349. The zero-order valence-electron chi connectivity index (χ0n) is 13.3. The molecule has 0 aliphatic rings. The molecule has 2 nitrogen and oxygen atoms in total. The first-order valence-corrected chi connectivity index (χ1v) is 7.83. The summed E-state index contributed by atoms with van der Waals surface area (Å²) in [7, 11) is 0. The highest BCUT2D eigenvalue weighted by atomic mass is 16.3. The summed E-state index contributed by atoms with van der Waals surface area (Å²) in [5, 5.41) is 18.6. The number of phenolic OH excluding ortho intramolecular Hbond substituents is 2. The predicted molar refractivity (Wildman–Crippen MR) is 93.3 cm³/mol. The molecule has 2 aromatic rings. The van der Waals surface area contributed by atoms with Gasteiger partial charge in [-0.25, -0.2) is 0 Å². The fraction of sp³-hybridized carbons (Fsp3) is 0.300. The van der Waals surface area contributed by atoms with Gasteiger partial charge in [0.1, 0.15) is 11.5 Å². The Morgan fingerprint density at radius 2 is 1.41 bits per heavy atom. The number of para-hydroxylation sites is 2. The van der Waals surface area contributed by atoms with Crippen molar-refractivity contribution in [3.63, 3.8) is 0 Å². The average molecular weight is 298 g/mol. The summed E-state index contributed by atoms with van der Waals surface area (Å²) in [4.78, 5) is 0. The van der Waals surface area contributed by atoms with Crippen molar-refractivity contribution in [2.24, 2.45) is 0 Å². The van der Waals surface area contributed by atoms with Gasteiger partial charge in [-0.15, -0.1) is 6.58 Å². The number of aromatic hydroxyl groups is 2. The Bertz CT molecular complexity index is 561. The Labute approximate surface area is 133 Å². The first-order valence-electron chi connectivity index (χ1n) is 7.83. The van der Waals surface area contributed by atoms with E-state index >= 15 is 0 Å². The molecule has 0 saturated carbocycles. The standard InChI is InChI=1S/C11H16O.C9H10O/c1-2-3-4-7-10-8-5-6-9-11(10)12;1-2-5-8-6-3-4-7-9(8)10/h5-6,8-9,12H,2-4,7H2,1H3;2-4,6-7,10H,1,5H2. The van der Waals surface area contributed by atoms with Gasteiger partial charge in [-0.2, -0.15) is 0 Å². The van der Waals surface area contributed by atoms with Crippen molar-refractivity contribution in [1.29, 1.82) is 0 Å². The maximum atomic E-state index is 9.41. The molecule has 0 bridgehead atoms. The summed E-state index contributed by atoms with van der Waals surface area (Å²) in [6.45, 7) is 5.77. The second-order valence-corrected chi connectivity index (χ2v) is 5.21. The van der Waals surface area contributed by atoms with Gasteiger partial charge in [-0.1, -0.05) is 62.2 Å². The minimum atomic E-state index is 0.349. The normalized spacial score (nSPS) is 9.68. The Morgan fingerprint density at radius 1 is 0.864 bits per heavy atom. The van der Waals surface area contributed by atoms with Crippen LogP contribution in [0.5, 0.6) is 11.5 Å². The fourth-order valence-corrected chi connectivity index (χ4v) is 2.13. The molecule has 0 aromatic heterocycles. The molecule has 0 atom stereocenters. The van der Waals surface area contributed by atoms with Gasteiger partial charge >= 0.3 is 0 Å². The topological polar surface area (TPSA) is 40.5 Å². The van der Waals surface area contributed by atoms with Crippen LogP contribution in [0, 0.1) is 0 Å². The van der Waals surface area contributed by atoms with Crippen LogP contribution in [0.3, 0.4) is 0 Å². The van der Waals surface area contributed by atoms with E-state index in [0.29, 0.717) is 11.5 Å². The molecule has 0 unspecified atom stereocenters. The number of benzene rings is 2. The van der Waals surface area contributed by atoms with E-state index in [0.717, 1.165) is 24.0 Å². The second kappa shape index (κ2) is 10.5. The Balaban J connectivity index is 0.000000224. The third-order valence-corrected chi connectivity index (χ3v) is 3.40. The first-order chi connectivity index (χ1) is 10.7. The van der Waals surface area contributed by atoms with Crippen LogP contribution in [0.25, 0.3) is 0 Å². The van der Waals surface area contributed by atoms with Crippen LogP contribution in [0.1, 0.15) is 37.3 Å². The molecular weight excluding hydrogens is 272 g/mol. The van der Waals surface area contributed by atoms with Crippen LogP contribution in [0.2, 0.25) is 0 Å². The molecule has 2 heteroatoms. The van der Waals surface area contributed by atoms with E-state index in [9.17, 15) is 10.2 Å². The molecule has 118 valence electrons. The van der Waals surface area contributed by atoms with Crippen molar-refractivity contribution in [2.45, 2.75) is 39.0 Å². The number of aryl methyl sites for hydroxylation is 1. The maximum absolute atomic E-state index is 9.41. The highest BCUT2D eigenvalue weighted by Gasteiger charge is 1.97. The van der Waals surface area contributed by atoms with Crippen molar-refractivity contribution in [3.8, 4) is 11.5 Å². The van der Waals surface area contributed by atoms with Crippen molar-refractivity contribution in [2.75, 3.05) is 0 Å². The summed E-state index contributed by atoms with van der Waals surface area (Å²) in [6.07, 6.45) is 7.15. The van der Waals surface area contributed by atoms with Crippen LogP contribution in [0.4, 0.5) is 0 Å². The van der Waals surface area contributed by atoms with Gasteiger partial charge in [0.25, 0.3) is 0 Å². The average Bonchev–Trinajstić information content (AvgIpc) is 2.53. The summed E-state index contributed by atoms with van der Waals surface area (Å²) < 4.78 is 0. The SMILES string of the molecule is C=CCc1ccccc1O.CCCCCc1ccccc1O. The van der Waals surface area contributed by atoms with Gasteiger partial charge in [0, 0.05) is 0 Å². The van der Waals surface area contributed by atoms with Gasteiger partial charge in [-0.3, -0.25) is 0 Å². The highest BCUT2D eigenvalue weighted by Crippen LogP contribution is 2.18. The van der Waals surface area contributed by atoms with E-state index in [-0.39, 0.29) is 0 Å². The molecule has 2 N–H and O–H groups in total. The Kier molecular flexibility index (Phi) is 8.51. The van der Waals surface area contributed by atoms with E-state index in [1.165, 1.54) is 19.3 Å². The molecule has 0 heterocycles. The molecule has 22 heavy (non-hydrogen) atoms. The van der Waals surface area contributed by atoms with Crippen LogP contribution in [-0.4, -0.2) is 10.2 Å². The van der Waals surface area contributed by atoms with E-state index in [1.807, 2.05) is 36.4 Å². The molecule has 0 aliphatic carbocycles.